The number of hydrogen-bond acceptors (Lipinski definition) is 3. The van der Waals surface area contributed by atoms with E-state index >= 15 is 0 Å². The average molecular weight is 301 g/mol. The zero-order valence-electron chi connectivity index (χ0n) is 12.8. The van der Waals surface area contributed by atoms with Crippen molar-refractivity contribution in [3.05, 3.63) is 6.42 Å². The zero-order valence-corrected chi connectivity index (χ0v) is 13.6. The molecule has 117 valence electrons. The van der Waals surface area contributed by atoms with Crippen molar-refractivity contribution in [3.8, 4) is 0 Å². The minimum absolute atomic E-state index is 0.297. The molecule has 0 atom stereocenters. The molecule has 0 saturated carbocycles. The Bertz CT molecular complexity index is 369. The molecule has 0 aliphatic carbocycles. The van der Waals surface area contributed by atoms with Crippen LogP contribution in [0.5, 0.6) is 0 Å². The van der Waals surface area contributed by atoms with Crippen molar-refractivity contribution in [3.63, 3.8) is 0 Å². The van der Waals surface area contributed by atoms with Gasteiger partial charge in [0.25, 0.3) is 0 Å². The molecule has 0 bridgehead atoms. The molecule has 4 nitrogen and oxygen atoms in total. The molecular weight excluding hydrogens is 272 g/mol. The number of nitrogens with zero attached hydrogens (tertiary/aromatic N) is 2. The maximum atomic E-state index is 12.3. The van der Waals surface area contributed by atoms with Crippen molar-refractivity contribution >= 4 is 10.0 Å². The molecule has 2 heterocycles. The molecule has 2 rings (SSSR count). The highest BCUT2D eigenvalue weighted by Crippen LogP contribution is 2.21. The lowest BCUT2D eigenvalue weighted by Crippen LogP contribution is -2.42. The van der Waals surface area contributed by atoms with E-state index in [1.807, 2.05) is 0 Å². The molecule has 5 heteroatoms. The summed E-state index contributed by atoms with van der Waals surface area (Å²) in [7, 11) is -3.03. The van der Waals surface area contributed by atoms with Crippen LogP contribution in [0, 0.1) is 12.3 Å². The quantitative estimate of drug-likeness (QED) is 0.754. The van der Waals surface area contributed by atoms with E-state index in [0.29, 0.717) is 25.4 Å². The second-order valence-electron chi connectivity index (χ2n) is 6.15. The average Bonchev–Trinajstić information content (AvgIpc) is 2.48. The molecule has 0 amide bonds. The van der Waals surface area contributed by atoms with E-state index in [0.717, 1.165) is 31.8 Å². The Morgan fingerprint density at radius 1 is 1.10 bits per heavy atom. The summed E-state index contributed by atoms with van der Waals surface area (Å²) >= 11 is 0. The molecular formula is C15H29N2O2S. The van der Waals surface area contributed by atoms with Crippen LogP contribution < -0.4 is 0 Å². The van der Waals surface area contributed by atoms with Gasteiger partial charge in [0.15, 0.2) is 0 Å². The molecule has 20 heavy (non-hydrogen) atoms. The lowest BCUT2D eigenvalue weighted by molar-refractivity contribution is 0.186. The molecule has 1 radical (unpaired) electrons. The van der Waals surface area contributed by atoms with Crippen LogP contribution >= 0.6 is 0 Å². The molecule has 0 unspecified atom stereocenters. The van der Waals surface area contributed by atoms with Crippen molar-refractivity contribution in [1.82, 2.24) is 9.21 Å². The van der Waals surface area contributed by atoms with E-state index in [9.17, 15) is 8.42 Å². The van der Waals surface area contributed by atoms with Crippen LogP contribution in [0.1, 0.15) is 45.4 Å². The highest BCUT2D eigenvalue weighted by Gasteiger charge is 2.25. The maximum absolute atomic E-state index is 12.3. The van der Waals surface area contributed by atoms with E-state index in [-0.39, 0.29) is 0 Å². The third-order valence-corrected chi connectivity index (χ3v) is 6.48. The Kier molecular flexibility index (Phi) is 6.30. The van der Waals surface area contributed by atoms with Gasteiger partial charge in [0.1, 0.15) is 0 Å². The lowest BCUT2D eigenvalue weighted by Gasteiger charge is -2.32. The summed E-state index contributed by atoms with van der Waals surface area (Å²) in [6.45, 7) is 6.47. The summed E-state index contributed by atoms with van der Waals surface area (Å²) in [5, 5.41) is 0. The number of piperidine rings is 2. The summed E-state index contributed by atoms with van der Waals surface area (Å²) in [6, 6.07) is 0. The standard InChI is InChI=1S/C15H29N2O2S/c1-2-6-15-7-11-16(12-8-15)13-14-20(18,19)17-9-4-3-5-10-17/h3,15H,2,4-14H2,1H3. The van der Waals surface area contributed by atoms with Gasteiger partial charge in [0.2, 0.25) is 10.0 Å². The molecule has 2 saturated heterocycles. The van der Waals surface area contributed by atoms with E-state index in [4.69, 9.17) is 0 Å². The van der Waals surface area contributed by atoms with Crippen molar-refractivity contribution in [2.75, 3.05) is 38.5 Å². The van der Waals surface area contributed by atoms with Gasteiger partial charge >= 0.3 is 0 Å². The number of sulfonamides is 1. The first-order chi connectivity index (χ1) is 9.62. The summed E-state index contributed by atoms with van der Waals surface area (Å²) in [5.41, 5.74) is 0. The fraction of sp³-hybridized carbons (Fsp3) is 0.933. The van der Waals surface area contributed by atoms with Gasteiger partial charge in [-0.15, -0.1) is 0 Å². The molecule has 2 aliphatic heterocycles. The normalized spacial score (nSPS) is 24.1. The smallest absolute Gasteiger partial charge is 0.215 e. The van der Waals surface area contributed by atoms with Crippen molar-refractivity contribution in [2.45, 2.75) is 45.4 Å². The second-order valence-corrected chi connectivity index (χ2v) is 8.24. The Labute approximate surface area is 124 Å². The predicted molar refractivity (Wildman–Crippen MR) is 83.0 cm³/mol. The van der Waals surface area contributed by atoms with Gasteiger partial charge in [-0.3, -0.25) is 0 Å². The first-order valence-electron chi connectivity index (χ1n) is 8.13. The van der Waals surface area contributed by atoms with Gasteiger partial charge in [0.05, 0.1) is 5.75 Å². The molecule has 2 aliphatic rings. The molecule has 0 aromatic rings. The van der Waals surface area contributed by atoms with Crippen molar-refractivity contribution in [2.24, 2.45) is 5.92 Å². The highest BCUT2D eigenvalue weighted by molar-refractivity contribution is 7.89. The monoisotopic (exact) mass is 301 g/mol. The Morgan fingerprint density at radius 3 is 2.35 bits per heavy atom. The van der Waals surface area contributed by atoms with Gasteiger partial charge in [-0.05, 0) is 51.1 Å². The highest BCUT2D eigenvalue weighted by atomic mass is 32.2. The molecule has 0 N–H and O–H groups in total. The van der Waals surface area contributed by atoms with E-state index in [2.05, 4.69) is 18.2 Å². The van der Waals surface area contributed by atoms with Gasteiger partial charge in [-0.25, -0.2) is 12.7 Å². The van der Waals surface area contributed by atoms with Crippen LogP contribution in [0.2, 0.25) is 0 Å². The maximum Gasteiger partial charge on any atom is 0.215 e. The van der Waals surface area contributed by atoms with Gasteiger partial charge in [-0.2, -0.15) is 0 Å². The molecule has 0 aromatic carbocycles. The van der Waals surface area contributed by atoms with Crippen LogP contribution in [0.3, 0.4) is 0 Å². The van der Waals surface area contributed by atoms with E-state index in [1.54, 1.807) is 4.31 Å². The van der Waals surface area contributed by atoms with E-state index in [1.165, 1.54) is 25.7 Å². The largest absolute Gasteiger partial charge is 0.302 e. The summed E-state index contributed by atoms with van der Waals surface area (Å²) in [4.78, 5) is 2.33. The summed E-state index contributed by atoms with van der Waals surface area (Å²) in [6.07, 6.45) is 9.08. The third-order valence-electron chi connectivity index (χ3n) is 4.63. The topological polar surface area (TPSA) is 40.6 Å². The van der Waals surface area contributed by atoms with Gasteiger partial charge in [0, 0.05) is 19.6 Å². The number of likely N-dealkylation sites (tertiary alicyclic amines) is 1. The number of rotatable bonds is 6. The van der Waals surface area contributed by atoms with Crippen LogP contribution in [0.15, 0.2) is 0 Å². The minimum Gasteiger partial charge on any atom is -0.302 e. The summed E-state index contributed by atoms with van der Waals surface area (Å²) in [5.74, 6) is 1.16. The van der Waals surface area contributed by atoms with Crippen LogP contribution in [-0.2, 0) is 10.0 Å². The third kappa shape index (κ3) is 4.71. The van der Waals surface area contributed by atoms with Crippen molar-refractivity contribution < 1.29 is 8.42 Å². The molecule has 0 aromatic heterocycles. The molecule has 0 spiro atoms. The fourth-order valence-corrected chi connectivity index (χ4v) is 4.80. The van der Waals surface area contributed by atoms with E-state index < -0.39 is 10.0 Å². The first-order valence-corrected chi connectivity index (χ1v) is 9.74. The zero-order chi connectivity index (χ0) is 14.4. The minimum atomic E-state index is -3.03. The second kappa shape index (κ2) is 7.76. The van der Waals surface area contributed by atoms with Crippen LogP contribution in [-0.4, -0.2) is 56.1 Å². The molecule has 2 fully saturated rings. The Hall–Kier alpha value is -0.130. The Balaban J connectivity index is 1.72. The van der Waals surface area contributed by atoms with Crippen LogP contribution in [0.25, 0.3) is 0 Å². The fourth-order valence-electron chi connectivity index (χ4n) is 3.29. The summed E-state index contributed by atoms with van der Waals surface area (Å²) < 4.78 is 26.2. The van der Waals surface area contributed by atoms with Gasteiger partial charge in [-0.1, -0.05) is 19.8 Å². The predicted octanol–water partition coefficient (Wildman–Crippen LogP) is 2.13. The van der Waals surface area contributed by atoms with Gasteiger partial charge < -0.3 is 4.90 Å². The first kappa shape index (κ1) is 16.2. The van der Waals surface area contributed by atoms with Crippen LogP contribution in [0.4, 0.5) is 0 Å². The van der Waals surface area contributed by atoms with Crippen molar-refractivity contribution in [1.29, 1.82) is 0 Å². The number of hydrogen-bond donors (Lipinski definition) is 0. The SMILES string of the molecule is CCCC1CCN(CCS(=O)(=O)N2CC[CH]CC2)CC1. The Morgan fingerprint density at radius 2 is 1.75 bits per heavy atom. The lowest BCUT2D eigenvalue weighted by atomic mass is 9.93.